The second kappa shape index (κ2) is 6.13. The first-order valence-electron chi connectivity index (χ1n) is 8.45. The first-order valence-corrected chi connectivity index (χ1v) is 8.45. The van der Waals surface area contributed by atoms with E-state index >= 15 is 0 Å². The molecule has 4 rings (SSSR count). The Morgan fingerprint density at radius 2 is 2.22 bits per heavy atom. The van der Waals surface area contributed by atoms with Crippen molar-refractivity contribution in [2.75, 3.05) is 18.1 Å². The van der Waals surface area contributed by atoms with E-state index in [1.807, 2.05) is 29.6 Å². The highest BCUT2D eigenvalue weighted by Gasteiger charge is 2.20. The zero-order valence-corrected chi connectivity index (χ0v) is 13.5. The number of nitrogens with zero attached hydrogens (tertiary/aromatic N) is 2. The van der Waals surface area contributed by atoms with Crippen molar-refractivity contribution in [3.63, 3.8) is 0 Å². The SMILES string of the molecule is CC1CCCN1CCc1cc2ccc(N3C=CC=CN3)cc2o1. The van der Waals surface area contributed by atoms with Crippen LogP contribution < -0.4 is 10.4 Å². The van der Waals surface area contributed by atoms with Crippen LogP contribution in [0.25, 0.3) is 11.0 Å². The average molecular weight is 309 g/mol. The van der Waals surface area contributed by atoms with Gasteiger partial charge in [0, 0.05) is 42.9 Å². The van der Waals surface area contributed by atoms with Gasteiger partial charge in [0.2, 0.25) is 0 Å². The molecule has 1 N–H and O–H groups in total. The second-order valence-electron chi connectivity index (χ2n) is 6.41. The van der Waals surface area contributed by atoms with E-state index in [9.17, 15) is 0 Å². The summed E-state index contributed by atoms with van der Waals surface area (Å²) >= 11 is 0. The van der Waals surface area contributed by atoms with Crippen LogP contribution in [0.15, 0.2) is 53.2 Å². The molecule has 120 valence electrons. The molecule has 1 atom stereocenters. The number of furan rings is 1. The molecule has 1 unspecified atom stereocenters. The number of hydrogen-bond acceptors (Lipinski definition) is 4. The first-order chi connectivity index (χ1) is 11.3. The van der Waals surface area contributed by atoms with E-state index in [0.29, 0.717) is 0 Å². The predicted molar refractivity (Wildman–Crippen MR) is 94.1 cm³/mol. The van der Waals surface area contributed by atoms with E-state index in [0.717, 1.165) is 36.0 Å². The highest BCUT2D eigenvalue weighted by atomic mass is 16.3. The van der Waals surface area contributed by atoms with Crippen molar-refractivity contribution in [2.24, 2.45) is 0 Å². The molecule has 0 saturated carbocycles. The number of hydrazine groups is 1. The minimum atomic E-state index is 0.719. The van der Waals surface area contributed by atoms with E-state index in [1.165, 1.54) is 24.8 Å². The molecule has 4 heteroatoms. The summed E-state index contributed by atoms with van der Waals surface area (Å²) < 4.78 is 6.07. The molecular formula is C19H23N3O. The smallest absolute Gasteiger partial charge is 0.136 e. The van der Waals surface area contributed by atoms with Gasteiger partial charge in [0.25, 0.3) is 0 Å². The van der Waals surface area contributed by atoms with Crippen LogP contribution in [-0.2, 0) is 6.42 Å². The highest BCUT2D eigenvalue weighted by Crippen LogP contribution is 2.26. The zero-order valence-electron chi connectivity index (χ0n) is 13.5. The van der Waals surface area contributed by atoms with E-state index < -0.39 is 0 Å². The lowest BCUT2D eigenvalue weighted by atomic mass is 10.2. The lowest BCUT2D eigenvalue weighted by Crippen LogP contribution is -2.29. The summed E-state index contributed by atoms with van der Waals surface area (Å²) in [6.45, 7) is 4.65. The summed E-state index contributed by atoms with van der Waals surface area (Å²) in [4.78, 5) is 2.56. The van der Waals surface area contributed by atoms with Gasteiger partial charge in [-0.15, -0.1) is 0 Å². The standard InChI is InChI=1S/C19H23N3O/c1-15-5-4-10-21(15)12-8-18-13-16-6-7-17(14-19(16)23-18)22-11-3-2-9-20-22/h2-3,6-7,9,11,13-15,20H,4-5,8,10,12H2,1H3. The van der Waals surface area contributed by atoms with Crippen molar-refractivity contribution in [3.8, 4) is 0 Å². The first kappa shape index (κ1) is 14.4. The molecule has 3 heterocycles. The van der Waals surface area contributed by atoms with Gasteiger partial charge in [-0.25, -0.2) is 0 Å². The average Bonchev–Trinajstić information content (AvgIpc) is 3.18. The van der Waals surface area contributed by atoms with Gasteiger partial charge in [-0.2, -0.15) is 0 Å². The molecule has 0 radical (unpaired) electrons. The van der Waals surface area contributed by atoms with E-state index in [1.54, 1.807) is 0 Å². The minimum Gasteiger partial charge on any atom is -0.461 e. The van der Waals surface area contributed by atoms with Gasteiger partial charge in [-0.05, 0) is 56.7 Å². The molecule has 1 aromatic heterocycles. The predicted octanol–water partition coefficient (Wildman–Crippen LogP) is 3.81. The normalized spacial score (nSPS) is 21.3. The maximum absolute atomic E-state index is 6.07. The van der Waals surface area contributed by atoms with Crippen LogP contribution in [-0.4, -0.2) is 24.0 Å². The van der Waals surface area contributed by atoms with Crippen molar-refractivity contribution in [2.45, 2.75) is 32.2 Å². The van der Waals surface area contributed by atoms with Crippen LogP contribution in [0.4, 0.5) is 5.69 Å². The summed E-state index contributed by atoms with van der Waals surface area (Å²) in [6, 6.07) is 9.23. The number of hydrogen-bond donors (Lipinski definition) is 1. The molecule has 2 aliphatic rings. The number of anilines is 1. The van der Waals surface area contributed by atoms with Crippen LogP contribution in [0.2, 0.25) is 0 Å². The van der Waals surface area contributed by atoms with Crippen LogP contribution in [0, 0.1) is 0 Å². The second-order valence-corrected chi connectivity index (χ2v) is 6.41. The number of benzene rings is 1. The molecule has 0 bridgehead atoms. The molecule has 2 aliphatic heterocycles. The Morgan fingerprint density at radius 3 is 3.00 bits per heavy atom. The third-order valence-corrected chi connectivity index (χ3v) is 4.82. The Bertz CT molecular complexity index is 746. The summed E-state index contributed by atoms with van der Waals surface area (Å²) in [5.74, 6) is 1.08. The number of likely N-dealkylation sites (tertiary alicyclic amines) is 1. The molecule has 4 nitrogen and oxygen atoms in total. The van der Waals surface area contributed by atoms with Crippen LogP contribution in [0.3, 0.4) is 0 Å². The Labute approximate surface area is 137 Å². The van der Waals surface area contributed by atoms with Gasteiger partial charge in [-0.3, -0.25) is 5.01 Å². The quantitative estimate of drug-likeness (QED) is 0.930. The molecule has 0 amide bonds. The number of fused-ring (bicyclic) bond motifs is 1. The number of allylic oxidation sites excluding steroid dienone is 2. The maximum atomic E-state index is 6.07. The molecule has 1 aromatic carbocycles. The Hall–Kier alpha value is -2.20. The molecule has 1 fully saturated rings. The van der Waals surface area contributed by atoms with E-state index in [4.69, 9.17) is 4.42 Å². The monoisotopic (exact) mass is 309 g/mol. The molecule has 1 saturated heterocycles. The number of rotatable bonds is 4. The highest BCUT2D eigenvalue weighted by molar-refractivity contribution is 5.82. The Morgan fingerprint density at radius 1 is 1.26 bits per heavy atom. The van der Waals surface area contributed by atoms with Gasteiger partial charge >= 0.3 is 0 Å². The molecular weight excluding hydrogens is 286 g/mol. The fraction of sp³-hybridized carbons (Fsp3) is 0.368. The molecule has 0 aliphatic carbocycles. The molecule has 2 aromatic rings. The van der Waals surface area contributed by atoms with Crippen molar-refractivity contribution in [1.82, 2.24) is 10.3 Å². The summed E-state index contributed by atoms with van der Waals surface area (Å²) in [6.07, 6.45) is 11.5. The summed E-state index contributed by atoms with van der Waals surface area (Å²) in [7, 11) is 0. The van der Waals surface area contributed by atoms with E-state index in [2.05, 4.69) is 41.5 Å². The van der Waals surface area contributed by atoms with Crippen molar-refractivity contribution in [3.05, 3.63) is 54.6 Å². The minimum absolute atomic E-state index is 0.719. The maximum Gasteiger partial charge on any atom is 0.136 e. The topological polar surface area (TPSA) is 31.6 Å². The van der Waals surface area contributed by atoms with Gasteiger partial charge < -0.3 is 14.7 Å². The van der Waals surface area contributed by atoms with Crippen LogP contribution in [0.5, 0.6) is 0 Å². The van der Waals surface area contributed by atoms with Gasteiger partial charge in [0.05, 0.1) is 5.69 Å². The third-order valence-electron chi connectivity index (χ3n) is 4.82. The Kier molecular flexibility index (Phi) is 3.83. The summed E-state index contributed by atoms with van der Waals surface area (Å²) in [5, 5.41) is 3.16. The zero-order chi connectivity index (χ0) is 15.6. The van der Waals surface area contributed by atoms with Crippen molar-refractivity contribution >= 4 is 16.7 Å². The van der Waals surface area contributed by atoms with Crippen LogP contribution >= 0.6 is 0 Å². The lowest BCUT2D eigenvalue weighted by Gasteiger charge is -2.21. The summed E-state index contributed by atoms with van der Waals surface area (Å²) in [5.41, 5.74) is 5.22. The molecule has 0 spiro atoms. The Balaban J connectivity index is 1.49. The molecule has 23 heavy (non-hydrogen) atoms. The van der Waals surface area contributed by atoms with Gasteiger partial charge in [-0.1, -0.05) is 0 Å². The fourth-order valence-electron chi connectivity index (χ4n) is 3.44. The number of nitrogens with one attached hydrogen (secondary N) is 1. The lowest BCUT2D eigenvalue weighted by molar-refractivity contribution is 0.266. The van der Waals surface area contributed by atoms with Crippen molar-refractivity contribution < 1.29 is 4.42 Å². The van der Waals surface area contributed by atoms with Crippen molar-refractivity contribution in [1.29, 1.82) is 0 Å². The van der Waals surface area contributed by atoms with Crippen LogP contribution in [0.1, 0.15) is 25.5 Å². The third kappa shape index (κ3) is 2.99. The van der Waals surface area contributed by atoms with Gasteiger partial charge in [0.15, 0.2) is 0 Å². The largest absolute Gasteiger partial charge is 0.461 e. The van der Waals surface area contributed by atoms with E-state index in [-0.39, 0.29) is 0 Å². The van der Waals surface area contributed by atoms with Gasteiger partial charge in [0.1, 0.15) is 11.3 Å². The fourth-order valence-corrected chi connectivity index (χ4v) is 3.44.